The maximum atomic E-state index is 9.26. The molecule has 1 aromatic rings. The summed E-state index contributed by atoms with van der Waals surface area (Å²) in [6.45, 7) is 3.93. The summed E-state index contributed by atoms with van der Waals surface area (Å²) in [4.78, 5) is 1.07. The Morgan fingerprint density at radius 3 is 2.89 bits per heavy atom. The van der Waals surface area contributed by atoms with Gasteiger partial charge in [-0.2, -0.15) is 5.26 Å². The van der Waals surface area contributed by atoms with Crippen molar-refractivity contribution in [3.63, 3.8) is 0 Å². The molecule has 2 rings (SSSR count). The van der Waals surface area contributed by atoms with Gasteiger partial charge in [-0.05, 0) is 30.7 Å². The maximum absolute atomic E-state index is 9.26. The number of hydrogen-bond donors (Lipinski definition) is 2. The first-order valence-electron chi connectivity index (χ1n) is 6.48. The van der Waals surface area contributed by atoms with Crippen molar-refractivity contribution in [2.45, 2.75) is 30.7 Å². The van der Waals surface area contributed by atoms with Gasteiger partial charge in [-0.15, -0.1) is 11.8 Å². The van der Waals surface area contributed by atoms with Crippen LogP contribution in [-0.4, -0.2) is 24.9 Å². The molecule has 3 nitrogen and oxygen atoms in total. The van der Waals surface area contributed by atoms with Crippen molar-refractivity contribution in [1.82, 2.24) is 5.32 Å². The van der Waals surface area contributed by atoms with Gasteiger partial charge in [0.1, 0.15) is 6.07 Å². The van der Waals surface area contributed by atoms with E-state index in [4.69, 9.17) is 0 Å². The SMILES string of the molecule is CCSc1cccc(NCCNC2CC2)c1C#N. The van der Waals surface area contributed by atoms with E-state index in [9.17, 15) is 5.26 Å². The Morgan fingerprint density at radius 2 is 2.22 bits per heavy atom. The van der Waals surface area contributed by atoms with Crippen LogP contribution in [0.25, 0.3) is 0 Å². The highest BCUT2D eigenvalue weighted by Crippen LogP contribution is 2.27. The van der Waals surface area contributed by atoms with Gasteiger partial charge < -0.3 is 10.6 Å². The molecule has 0 amide bonds. The average molecular weight is 261 g/mol. The summed E-state index contributed by atoms with van der Waals surface area (Å²) in [5.74, 6) is 0.987. The molecular formula is C14H19N3S. The predicted octanol–water partition coefficient (Wildman–Crippen LogP) is 2.83. The first kappa shape index (κ1) is 13.3. The van der Waals surface area contributed by atoms with E-state index in [-0.39, 0.29) is 0 Å². The standard InChI is InChI=1S/C14H19N3S/c1-2-18-14-5-3-4-13(12(14)10-15)17-9-8-16-11-6-7-11/h3-5,11,16-17H,2,6-9H2,1H3. The second-order valence-corrected chi connectivity index (χ2v) is 5.68. The van der Waals surface area contributed by atoms with Crippen LogP contribution in [0, 0.1) is 11.3 Å². The van der Waals surface area contributed by atoms with Gasteiger partial charge in [0.2, 0.25) is 0 Å². The quantitative estimate of drug-likeness (QED) is 0.585. The molecule has 2 N–H and O–H groups in total. The number of nitrogens with zero attached hydrogens (tertiary/aromatic N) is 1. The Labute approximate surface area is 113 Å². The van der Waals surface area contributed by atoms with Crippen LogP contribution >= 0.6 is 11.8 Å². The molecule has 18 heavy (non-hydrogen) atoms. The van der Waals surface area contributed by atoms with Crippen LogP contribution in [0.1, 0.15) is 25.3 Å². The van der Waals surface area contributed by atoms with Crippen LogP contribution in [0.2, 0.25) is 0 Å². The van der Waals surface area contributed by atoms with Crippen LogP contribution in [0.15, 0.2) is 23.1 Å². The molecule has 0 unspecified atom stereocenters. The highest BCUT2D eigenvalue weighted by atomic mass is 32.2. The molecule has 1 saturated carbocycles. The largest absolute Gasteiger partial charge is 0.383 e. The monoisotopic (exact) mass is 261 g/mol. The van der Waals surface area contributed by atoms with Gasteiger partial charge in [0.05, 0.1) is 11.3 Å². The Balaban J connectivity index is 1.93. The van der Waals surface area contributed by atoms with Gasteiger partial charge >= 0.3 is 0 Å². The zero-order valence-corrected chi connectivity index (χ0v) is 11.5. The summed E-state index contributed by atoms with van der Waals surface area (Å²) in [5, 5.41) is 16.1. The summed E-state index contributed by atoms with van der Waals surface area (Å²) in [5.41, 5.74) is 1.73. The lowest BCUT2D eigenvalue weighted by Crippen LogP contribution is -2.24. The first-order chi connectivity index (χ1) is 8.85. The molecule has 0 saturated heterocycles. The van der Waals surface area contributed by atoms with E-state index in [0.29, 0.717) is 0 Å². The Morgan fingerprint density at radius 1 is 1.39 bits per heavy atom. The summed E-state index contributed by atoms with van der Waals surface area (Å²) in [7, 11) is 0. The zero-order valence-electron chi connectivity index (χ0n) is 10.7. The van der Waals surface area contributed by atoms with Crippen LogP contribution in [0.5, 0.6) is 0 Å². The summed E-state index contributed by atoms with van der Waals surface area (Å²) < 4.78 is 0. The van der Waals surface area contributed by atoms with Crippen molar-refractivity contribution in [2.24, 2.45) is 0 Å². The van der Waals surface area contributed by atoms with E-state index in [1.54, 1.807) is 11.8 Å². The lowest BCUT2D eigenvalue weighted by atomic mass is 10.2. The van der Waals surface area contributed by atoms with Crippen LogP contribution < -0.4 is 10.6 Å². The van der Waals surface area contributed by atoms with Crippen molar-refractivity contribution in [3.05, 3.63) is 23.8 Å². The highest BCUT2D eigenvalue weighted by Gasteiger charge is 2.19. The third-order valence-electron chi connectivity index (χ3n) is 2.89. The van der Waals surface area contributed by atoms with Crippen molar-refractivity contribution in [3.8, 4) is 6.07 Å². The fourth-order valence-electron chi connectivity index (χ4n) is 1.83. The van der Waals surface area contributed by atoms with Gasteiger partial charge in [-0.25, -0.2) is 0 Å². The third-order valence-corrected chi connectivity index (χ3v) is 3.83. The minimum absolute atomic E-state index is 0.740. The number of thioether (sulfide) groups is 1. The van der Waals surface area contributed by atoms with Crippen LogP contribution in [0.3, 0.4) is 0 Å². The van der Waals surface area contributed by atoms with Crippen molar-refractivity contribution < 1.29 is 0 Å². The maximum Gasteiger partial charge on any atom is 0.102 e. The second-order valence-electron chi connectivity index (χ2n) is 4.38. The minimum atomic E-state index is 0.740. The van der Waals surface area contributed by atoms with E-state index >= 15 is 0 Å². The molecule has 0 bridgehead atoms. The Bertz CT molecular complexity index is 435. The molecule has 1 aliphatic carbocycles. The fraction of sp³-hybridized carbons (Fsp3) is 0.500. The minimum Gasteiger partial charge on any atom is -0.383 e. The normalized spacial score (nSPS) is 14.2. The Kier molecular flexibility index (Phi) is 4.91. The van der Waals surface area contributed by atoms with E-state index in [0.717, 1.165) is 41.0 Å². The topological polar surface area (TPSA) is 47.8 Å². The summed E-state index contributed by atoms with van der Waals surface area (Å²) in [6, 6.07) is 9.05. The molecule has 1 aliphatic rings. The molecule has 0 aromatic heterocycles. The van der Waals surface area contributed by atoms with Crippen LogP contribution in [-0.2, 0) is 0 Å². The van der Waals surface area contributed by atoms with Crippen molar-refractivity contribution in [2.75, 3.05) is 24.2 Å². The number of hydrogen-bond acceptors (Lipinski definition) is 4. The smallest absolute Gasteiger partial charge is 0.102 e. The van der Waals surface area contributed by atoms with E-state index in [1.165, 1.54) is 12.8 Å². The highest BCUT2D eigenvalue weighted by molar-refractivity contribution is 7.99. The molecule has 96 valence electrons. The molecular weight excluding hydrogens is 242 g/mol. The Hall–Kier alpha value is -1.18. The molecule has 0 spiro atoms. The van der Waals surface area contributed by atoms with Gasteiger partial charge in [-0.3, -0.25) is 0 Å². The van der Waals surface area contributed by atoms with Gasteiger partial charge in [0, 0.05) is 24.0 Å². The molecule has 0 heterocycles. The van der Waals surface area contributed by atoms with Crippen LogP contribution in [0.4, 0.5) is 5.69 Å². The first-order valence-corrected chi connectivity index (χ1v) is 7.47. The zero-order chi connectivity index (χ0) is 12.8. The number of anilines is 1. The number of rotatable bonds is 7. The predicted molar refractivity (Wildman–Crippen MR) is 77.1 cm³/mol. The molecule has 0 atom stereocenters. The fourth-order valence-corrected chi connectivity index (χ4v) is 2.62. The van der Waals surface area contributed by atoms with Gasteiger partial charge in [0.25, 0.3) is 0 Å². The molecule has 0 aliphatic heterocycles. The van der Waals surface area contributed by atoms with E-state index in [2.05, 4.69) is 23.6 Å². The van der Waals surface area contributed by atoms with Crippen molar-refractivity contribution in [1.29, 1.82) is 5.26 Å². The molecule has 1 aromatic carbocycles. The molecule has 0 radical (unpaired) electrons. The van der Waals surface area contributed by atoms with E-state index in [1.807, 2.05) is 18.2 Å². The third kappa shape index (κ3) is 3.66. The molecule has 1 fully saturated rings. The van der Waals surface area contributed by atoms with Gasteiger partial charge in [-0.1, -0.05) is 13.0 Å². The number of benzene rings is 1. The molecule has 4 heteroatoms. The summed E-state index contributed by atoms with van der Waals surface area (Å²) in [6.07, 6.45) is 2.62. The van der Waals surface area contributed by atoms with Gasteiger partial charge in [0.15, 0.2) is 0 Å². The van der Waals surface area contributed by atoms with Crippen molar-refractivity contribution >= 4 is 17.4 Å². The lowest BCUT2D eigenvalue weighted by Gasteiger charge is -2.11. The second kappa shape index (κ2) is 6.67. The average Bonchev–Trinajstić information content (AvgIpc) is 3.19. The van der Waals surface area contributed by atoms with E-state index < -0.39 is 0 Å². The number of nitrogens with one attached hydrogen (secondary N) is 2. The number of nitriles is 1. The lowest BCUT2D eigenvalue weighted by molar-refractivity contribution is 0.701. The summed E-state index contributed by atoms with van der Waals surface area (Å²) >= 11 is 1.72.